The fraction of sp³-hybridized carbons (Fsp3) is 0.235. The molecule has 0 fully saturated rings. The van der Waals surface area contributed by atoms with Crippen LogP contribution in [0.4, 0.5) is 17.1 Å². The number of para-hydroxylation sites is 1. The van der Waals surface area contributed by atoms with Gasteiger partial charge in [0.05, 0.1) is 11.5 Å². The van der Waals surface area contributed by atoms with Gasteiger partial charge in [0.2, 0.25) is 5.91 Å². The molecule has 1 aliphatic heterocycles. The maximum atomic E-state index is 11.8. The Labute approximate surface area is 138 Å². The van der Waals surface area contributed by atoms with Crippen LogP contribution in [0.1, 0.15) is 23.5 Å². The quantitative estimate of drug-likeness (QED) is 0.578. The SMILES string of the molecule is O=C1CC(CNc2cc(CO)ccc2[N+](=O)[O-])c2ccccc2N1. The molecule has 124 valence electrons. The molecule has 1 atom stereocenters. The van der Waals surface area contributed by atoms with Crippen LogP contribution in [0.5, 0.6) is 0 Å². The minimum Gasteiger partial charge on any atom is -0.392 e. The molecule has 3 N–H and O–H groups in total. The number of carbonyl (C=O) groups is 1. The van der Waals surface area contributed by atoms with Crippen molar-refractivity contribution in [3.63, 3.8) is 0 Å². The van der Waals surface area contributed by atoms with Crippen molar-refractivity contribution in [2.45, 2.75) is 18.9 Å². The second kappa shape index (κ2) is 6.67. The number of aliphatic hydroxyl groups is 1. The average molecular weight is 327 g/mol. The van der Waals surface area contributed by atoms with Gasteiger partial charge >= 0.3 is 0 Å². The summed E-state index contributed by atoms with van der Waals surface area (Å²) in [6.45, 7) is 0.196. The molecule has 1 aliphatic rings. The largest absolute Gasteiger partial charge is 0.392 e. The van der Waals surface area contributed by atoms with Crippen LogP contribution in [0.3, 0.4) is 0 Å². The van der Waals surface area contributed by atoms with E-state index in [2.05, 4.69) is 10.6 Å². The molecule has 0 spiro atoms. The van der Waals surface area contributed by atoms with Crippen molar-refractivity contribution < 1.29 is 14.8 Å². The Morgan fingerprint density at radius 2 is 2.08 bits per heavy atom. The monoisotopic (exact) mass is 327 g/mol. The number of fused-ring (bicyclic) bond motifs is 1. The summed E-state index contributed by atoms with van der Waals surface area (Å²) in [6, 6.07) is 12.0. The maximum absolute atomic E-state index is 11.8. The van der Waals surface area contributed by atoms with Gasteiger partial charge in [-0.3, -0.25) is 14.9 Å². The summed E-state index contributed by atoms with van der Waals surface area (Å²) in [6.07, 6.45) is 0.317. The second-order valence-electron chi connectivity index (χ2n) is 5.68. The summed E-state index contributed by atoms with van der Waals surface area (Å²) < 4.78 is 0. The lowest BCUT2D eigenvalue weighted by atomic mass is 9.90. The Balaban J connectivity index is 1.83. The smallest absolute Gasteiger partial charge is 0.292 e. The molecule has 1 unspecified atom stereocenters. The molecule has 0 saturated carbocycles. The molecule has 0 aromatic heterocycles. The summed E-state index contributed by atoms with van der Waals surface area (Å²) >= 11 is 0. The molecule has 1 amide bonds. The predicted molar refractivity (Wildman–Crippen MR) is 89.9 cm³/mol. The van der Waals surface area contributed by atoms with E-state index in [0.29, 0.717) is 24.2 Å². The molecule has 0 aliphatic carbocycles. The summed E-state index contributed by atoms with van der Waals surface area (Å²) in [5.41, 5.74) is 2.66. The van der Waals surface area contributed by atoms with Gasteiger partial charge in [0.1, 0.15) is 5.69 Å². The second-order valence-corrected chi connectivity index (χ2v) is 5.68. The van der Waals surface area contributed by atoms with Gasteiger partial charge in [-0.2, -0.15) is 0 Å². The molecule has 24 heavy (non-hydrogen) atoms. The third-order valence-corrected chi connectivity index (χ3v) is 4.09. The van der Waals surface area contributed by atoms with Crippen LogP contribution >= 0.6 is 0 Å². The van der Waals surface area contributed by atoms with Crippen molar-refractivity contribution in [2.75, 3.05) is 17.2 Å². The number of benzene rings is 2. The number of hydrogen-bond acceptors (Lipinski definition) is 5. The van der Waals surface area contributed by atoms with Crippen LogP contribution in [0.2, 0.25) is 0 Å². The molecule has 7 heteroatoms. The number of rotatable bonds is 5. The Morgan fingerprint density at radius 1 is 1.29 bits per heavy atom. The molecule has 2 aromatic carbocycles. The van der Waals surface area contributed by atoms with E-state index in [1.54, 1.807) is 6.07 Å². The predicted octanol–water partition coefficient (Wildman–Crippen LogP) is 2.62. The van der Waals surface area contributed by atoms with Gasteiger partial charge in [-0.25, -0.2) is 0 Å². The zero-order valence-corrected chi connectivity index (χ0v) is 12.9. The minimum absolute atomic E-state index is 0.0549. The van der Waals surface area contributed by atoms with E-state index in [1.165, 1.54) is 12.1 Å². The molecular formula is C17H17N3O4. The highest BCUT2D eigenvalue weighted by atomic mass is 16.6. The molecule has 2 aromatic rings. The first kappa shape index (κ1) is 15.9. The van der Waals surface area contributed by atoms with E-state index in [4.69, 9.17) is 0 Å². The number of nitro benzene ring substituents is 1. The highest BCUT2D eigenvalue weighted by Gasteiger charge is 2.25. The zero-order chi connectivity index (χ0) is 17.1. The summed E-state index contributed by atoms with van der Waals surface area (Å²) in [5, 5.41) is 26.3. The van der Waals surface area contributed by atoms with Crippen LogP contribution in [0.25, 0.3) is 0 Å². The maximum Gasteiger partial charge on any atom is 0.292 e. The van der Waals surface area contributed by atoms with Crippen molar-refractivity contribution in [1.82, 2.24) is 0 Å². The van der Waals surface area contributed by atoms with Crippen molar-refractivity contribution >= 4 is 23.0 Å². The standard InChI is InChI=1S/C17H17N3O4/c21-10-11-5-6-16(20(23)24)15(7-11)18-9-12-8-17(22)19-14-4-2-1-3-13(12)14/h1-7,12,18,21H,8-10H2,(H,19,22). The molecule has 0 saturated heterocycles. The van der Waals surface area contributed by atoms with Gasteiger partial charge in [-0.1, -0.05) is 18.2 Å². The Bertz CT molecular complexity index is 791. The number of amides is 1. The molecule has 0 radical (unpaired) electrons. The van der Waals surface area contributed by atoms with Gasteiger partial charge in [0.15, 0.2) is 0 Å². The highest BCUT2D eigenvalue weighted by Crippen LogP contribution is 2.33. The van der Waals surface area contributed by atoms with Gasteiger partial charge in [-0.15, -0.1) is 0 Å². The summed E-state index contributed by atoms with van der Waals surface area (Å²) in [5.74, 6) is -0.147. The number of nitro groups is 1. The molecular weight excluding hydrogens is 310 g/mol. The lowest BCUT2D eigenvalue weighted by molar-refractivity contribution is -0.384. The Hall–Kier alpha value is -2.93. The van der Waals surface area contributed by atoms with E-state index in [9.17, 15) is 20.0 Å². The molecule has 0 bridgehead atoms. The van der Waals surface area contributed by atoms with Crippen molar-refractivity contribution in [1.29, 1.82) is 0 Å². The first-order chi connectivity index (χ1) is 11.6. The third kappa shape index (κ3) is 3.21. The minimum atomic E-state index is -0.467. The van der Waals surface area contributed by atoms with E-state index in [0.717, 1.165) is 11.3 Å². The van der Waals surface area contributed by atoms with Crippen molar-refractivity contribution in [3.8, 4) is 0 Å². The average Bonchev–Trinajstić information content (AvgIpc) is 2.59. The van der Waals surface area contributed by atoms with Crippen LogP contribution in [0.15, 0.2) is 42.5 Å². The number of carbonyl (C=O) groups excluding carboxylic acids is 1. The van der Waals surface area contributed by atoms with Crippen LogP contribution < -0.4 is 10.6 Å². The van der Waals surface area contributed by atoms with Crippen LogP contribution in [-0.2, 0) is 11.4 Å². The first-order valence-corrected chi connectivity index (χ1v) is 7.59. The van der Waals surface area contributed by atoms with E-state index < -0.39 is 4.92 Å². The van der Waals surface area contributed by atoms with E-state index in [1.807, 2.05) is 24.3 Å². The fourth-order valence-corrected chi connectivity index (χ4v) is 2.90. The van der Waals surface area contributed by atoms with Crippen LogP contribution in [0, 0.1) is 10.1 Å². The van der Waals surface area contributed by atoms with Crippen LogP contribution in [-0.4, -0.2) is 22.5 Å². The lowest BCUT2D eigenvalue weighted by Gasteiger charge is -2.26. The van der Waals surface area contributed by atoms with Crippen molar-refractivity contribution in [3.05, 3.63) is 63.7 Å². The molecule has 3 rings (SSSR count). The number of aliphatic hydroxyl groups excluding tert-OH is 1. The zero-order valence-electron chi connectivity index (χ0n) is 12.9. The molecule has 7 nitrogen and oxygen atoms in total. The summed E-state index contributed by atoms with van der Waals surface area (Å²) in [7, 11) is 0. The lowest BCUT2D eigenvalue weighted by Crippen LogP contribution is -2.26. The Morgan fingerprint density at radius 3 is 2.83 bits per heavy atom. The van der Waals surface area contributed by atoms with Gasteiger partial charge in [0, 0.05) is 30.6 Å². The third-order valence-electron chi connectivity index (χ3n) is 4.09. The first-order valence-electron chi connectivity index (χ1n) is 7.59. The van der Waals surface area contributed by atoms with E-state index in [-0.39, 0.29) is 24.1 Å². The van der Waals surface area contributed by atoms with E-state index >= 15 is 0 Å². The topological polar surface area (TPSA) is 104 Å². The number of nitrogens with one attached hydrogen (secondary N) is 2. The number of nitrogens with zero attached hydrogens (tertiary/aromatic N) is 1. The van der Waals surface area contributed by atoms with Gasteiger partial charge in [-0.05, 0) is 29.3 Å². The van der Waals surface area contributed by atoms with Gasteiger partial charge < -0.3 is 15.7 Å². The number of anilines is 2. The molecule has 1 heterocycles. The number of hydrogen-bond donors (Lipinski definition) is 3. The fourth-order valence-electron chi connectivity index (χ4n) is 2.90. The van der Waals surface area contributed by atoms with Gasteiger partial charge in [0.25, 0.3) is 5.69 Å². The highest BCUT2D eigenvalue weighted by molar-refractivity contribution is 5.94. The van der Waals surface area contributed by atoms with Crippen molar-refractivity contribution in [2.24, 2.45) is 0 Å². The normalized spacial score (nSPS) is 16.2. The summed E-state index contributed by atoms with van der Waals surface area (Å²) in [4.78, 5) is 22.5. The Kier molecular flexibility index (Phi) is 4.43.